The molecule has 0 amide bonds. The number of unbranched alkanes of at least 4 members (excludes halogenated alkanes) is 17. The van der Waals surface area contributed by atoms with Crippen molar-refractivity contribution in [3.05, 3.63) is 12.2 Å². The van der Waals surface area contributed by atoms with Crippen LogP contribution in [0.2, 0.25) is 0 Å². The summed E-state index contributed by atoms with van der Waals surface area (Å²) in [7, 11) is 0. The number of carbonyl (C=O) groups excluding carboxylic acids is 1. The number of hydrogen-bond acceptors (Lipinski definition) is 2. The van der Waals surface area contributed by atoms with E-state index in [9.17, 15) is 4.79 Å². The molecule has 0 saturated carbocycles. The van der Waals surface area contributed by atoms with Crippen molar-refractivity contribution in [3.63, 3.8) is 0 Å². The number of rotatable bonds is 23. The molecule has 0 spiro atoms. The lowest BCUT2D eigenvalue weighted by Gasteiger charge is -2.30. The first-order chi connectivity index (χ1) is 15.0. The summed E-state index contributed by atoms with van der Waals surface area (Å²) < 4.78 is 5.92. The van der Waals surface area contributed by atoms with Crippen LogP contribution in [-0.4, -0.2) is 11.6 Å². The second-order valence-corrected chi connectivity index (χ2v) is 10.00. The fraction of sp³-hybridized carbons (Fsp3) is 0.897. The average molecular weight is 437 g/mol. The minimum Gasteiger partial charge on any atom is -0.455 e. The van der Waals surface area contributed by atoms with Crippen LogP contribution >= 0.6 is 0 Å². The van der Waals surface area contributed by atoms with Gasteiger partial charge in [-0.05, 0) is 38.7 Å². The Hall–Kier alpha value is -0.790. The van der Waals surface area contributed by atoms with Gasteiger partial charge in [0.25, 0.3) is 0 Å². The summed E-state index contributed by atoms with van der Waals surface area (Å²) in [4.78, 5) is 12.4. The molecule has 0 N–H and O–H groups in total. The molecule has 0 aliphatic heterocycles. The highest BCUT2D eigenvalue weighted by Crippen LogP contribution is 2.28. The molecule has 0 aliphatic rings. The van der Waals surface area contributed by atoms with Crippen molar-refractivity contribution in [1.29, 1.82) is 0 Å². The van der Waals surface area contributed by atoms with Crippen LogP contribution in [0.1, 0.15) is 163 Å². The van der Waals surface area contributed by atoms with E-state index in [2.05, 4.69) is 27.4 Å². The molecule has 0 saturated heterocycles. The highest BCUT2D eigenvalue weighted by atomic mass is 16.6. The van der Waals surface area contributed by atoms with Crippen LogP contribution in [0.3, 0.4) is 0 Å². The third-order valence-electron chi connectivity index (χ3n) is 6.73. The minimum atomic E-state index is -0.490. The zero-order valence-corrected chi connectivity index (χ0v) is 21.9. The Labute approximate surface area is 196 Å². The van der Waals surface area contributed by atoms with Crippen molar-refractivity contribution in [3.8, 4) is 0 Å². The van der Waals surface area contributed by atoms with E-state index in [-0.39, 0.29) is 5.97 Å². The van der Waals surface area contributed by atoms with E-state index >= 15 is 0 Å². The predicted molar refractivity (Wildman–Crippen MR) is 138 cm³/mol. The Balaban J connectivity index is 3.83. The minimum absolute atomic E-state index is 0.0412. The van der Waals surface area contributed by atoms with Gasteiger partial charge in [-0.1, -0.05) is 130 Å². The molecule has 2 nitrogen and oxygen atoms in total. The molecule has 0 bridgehead atoms. The van der Waals surface area contributed by atoms with E-state index in [1.54, 1.807) is 0 Å². The maximum Gasteiger partial charge on any atom is 0.306 e. The van der Waals surface area contributed by atoms with Crippen LogP contribution in [0.25, 0.3) is 0 Å². The lowest BCUT2D eigenvalue weighted by atomic mass is 9.91. The molecule has 0 aromatic rings. The molecule has 0 fully saturated rings. The average Bonchev–Trinajstić information content (AvgIpc) is 2.73. The summed E-state index contributed by atoms with van der Waals surface area (Å²) in [6.45, 7) is 12.7. The Kier molecular flexibility index (Phi) is 20.5. The molecule has 0 radical (unpaired) electrons. The van der Waals surface area contributed by atoms with Crippen molar-refractivity contribution in [2.45, 2.75) is 168 Å². The molecule has 0 aromatic carbocycles. The summed E-state index contributed by atoms with van der Waals surface area (Å²) in [5, 5.41) is 0. The first-order valence-electron chi connectivity index (χ1n) is 13.8. The van der Waals surface area contributed by atoms with Gasteiger partial charge in [-0.15, -0.1) is 0 Å². The molecule has 0 aliphatic carbocycles. The van der Waals surface area contributed by atoms with Crippen LogP contribution in [0.15, 0.2) is 12.2 Å². The fourth-order valence-electron chi connectivity index (χ4n) is 4.18. The van der Waals surface area contributed by atoms with Gasteiger partial charge in [-0.2, -0.15) is 0 Å². The van der Waals surface area contributed by atoms with E-state index < -0.39 is 5.60 Å². The standard InChI is InChI=1S/C29H56O2/c1-6-8-10-12-14-16-18-20-22-24-26-29(5,27(3)4)31-28(30)25-23-21-19-17-15-13-11-9-7-2/h3,6-26H2,1-2,4-5H3/t29-/m0/s1. The Morgan fingerprint density at radius 3 is 1.39 bits per heavy atom. The smallest absolute Gasteiger partial charge is 0.306 e. The molecule has 0 heterocycles. The predicted octanol–water partition coefficient (Wildman–Crippen LogP) is 10.1. The van der Waals surface area contributed by atoms with Gasteiger partial charge in [-0.25, -0.2) is 0 Å². The van der Waals surface area contributed by atoms with Gasteiger partial charge in [0.15, 0.2) is 0 Å². The highest BCUT2D eigenvalue weighted by Gasteiger charge is 2.29. The van der Waals surface area contributed by atoms with Crippen molar-refractivity contribution >= 4 is 5.97 Å². The summed E-state index contributed by atoms with van der Waals surface area (Å²) >= 11 is 0. The normalized spacial score (nSPS) is 13.2. The Bertz CT molecular complexity index is 428. The van der Waals surface area contributed by atoms with E-state index in [0.29, 0.717) is 6.42 Å². The van der Waals surface area contributed by atoms with Crippen LogP contribution in [0.4, 0.5) is 0 Å². The number of carbonyl (C=O) groups is 1. The van der Waals surface area contributed by atoms with E-state index in [4.69, 9.17) is 4.74 Å². The summed E-state index contributed by atoms with van der Waals surface area (Å²) in [5.41, 5.74) is 0.486. The molecule has 2 heteroatoms. The van der Waals surface area contributed by atoms with Gasteiger partial charge in [-0.3, -0.25) is 4.79 Å². The molecule has 0 rings (SSSR count). The summed E-state index contributed by atoms with van der Waals surface area (Å²) in [6, 6.07) is 0. The van der Waals surface area contributed by atoms with E-state index in [0.717, 1.165) is 31.3 Å². The highest BCUT2D eigenvalue weighted by molar-refractivity contribution is 5.70. The van der Waals surface area contributed by atoms with Crippen molar-refractivity contribution < 1.29 is 9.53 Å². The Morgan fingerprint density at radius 1 is 0.645 bits per heavy atom. The largest absolute Gasteiger partial charge is 0.455 e. The third kappa shape index (κ3) is 18.5. The topological polar surface area (TPSA) is 26.3 Å². The number of ether oxygens (including phenoxy) is 1. The second-order valence-electron chi connectivity index (χ2n) is 10.00. The van der Waals surface area contributed by atoms with E-state index in [1.807, 2.05) is 6.92 Å². The lowest BCUT2D eigenvalue weighted by molar-refractivity contribution is -0.155. The Morgan fingerprint density at radius 2 is 1.00 bits per heavy atom. The monoisotopic (exact) mass is 436 g/mol. The van der Waals surface area contributed by atoms with E-state index in [1.165, 1.54) is 103 Å². The summed E-state index contributed by atoms with van der Waals surface area (Å²) in [6.07, 6.45) is 26.1. The molecule has 31 heavy (non-hydrogen) atoms. The number of esters is 1. The quantitative estimate of drug-likeness (QED) is 0.0904. The van der Waals surface area contributed by atoms with Crippen LogP contribution in [0, 0.1) is 0 Å². The first-order valence-corrected chi connectivity index (χ1v) is 13.8. The molecule has 184 valence electrons. The van der Waals surface area contributed by atoms with Gasteiger partial charge >= 0.3 is 5.97 Å². The maximum atomic E-state index is 12.4. The first kappa shape index (κ1) is 30.2. The van der Waals surface area contributed by atoms with Crippen molar-refractivity contribution in [1.82, 2.24) is 0 Å². The van der Waals surface area contributed by atoms with Gasteiger partial charge in [0.2, 0.25) is 0 Å². The second kappa shape index (κ2) is 21.1. The van der Waals surface area contributed by atoms with Crippen LogP contribution in [-0.2, 0) is 9.53 Å². The van der Waals surface area contributed by atoms with Crippen molar-refractivity contribution in [2.24, 2.45) is 0 Å². The van der Waals surface area contributed by atoms with Gasteiger partial charge in [0.05, 0.1) is 0 Å². The van der Waals surface area contributed by atoms with Gasteiger partial charge in [0.1, 0.15) is 5.60 Å². The lowest BCUT2D eigenvalue weighted by Crippen LogP contribution is -2.32. The van der Waals surface area contributed by atoms with Crippen molar-refractivity contribution in [2.75, 3.05) is 0 Å². The molecule has 0 unspecified atom stereocenters. The summed E-state index contributed by atoms with van der Waals surface area (Å²) in [5.74, 6) is -0.0412. The zero-order valence-electron chi connectivity index (χ0n) is 21.9. The molecule has 0 aromatic heterocycles. The molecular formula is C29H56O2. The van der Waals surface area contributed by atoms with Gasteiger partial charge in [0, 0.05) is 6.42 Å². The van der Waals surface area contributed by atoms with Gasteiger partial charge < -0.3 is 4.74 Å². The SMILES string of the molecule is C=C(C)[C@](C)(CCCCCCCCCCCC)OC(=O)CCCCCCCCCCC. The fourth-order valence-corrected chi connectivity index (χ4v) is 4.18. The molecular weight excluding hydrogens is 380 g/mol. The zero-order chi connectivity index (χ0) is 23.2. The number of hydrogen-bond donors (Lipinski definition) is 0. The van der Waals surface area contributed by atoms with Crippen LogP contribution < -0.4 is 0 Å². The van der Waals surface area contributed by atoms with Crippen LogP contribution in [0.5, 0.6) is 0 Å². The maximum absolute atomic E-state index is 12.4. The molecule has 1 atom stereocenters. The third-order valence-corrected chi connectivity index (χ3v) is 6.73.